The van der Waals surface area contributed by atoms with Gasteiger partial charge >= 0.3 is 6.18 Å². The van der Waals surface area contributed by atoms with E-state index < -0.39 is 11.7 Å². The van der Waals surface area contributed by atoms with Gasteiger partial charge in [-0.05, 0) is 36.8 Å². The molecule has 128 valence electrons. The van der Waals surface area contributed by atoms with Crippen molar-refractivity contribution in [2.24, 2.45) is 0 Å². The first-order valence-corrected chi connectivity index (χ1v) is 7.46. The molecule has 0 atom stereocenters. The van der Waals surface area contributed by atoms with Crippen LogP contribution in [-0.2, 0) is 12.7 Å². The fraction of sp³-hybridized carbons (Fsp3) is 0.278. The van der Waals surface area contributed by atoms with Crippen LogP contribution in [0.25, 0.3) is 0 Å². The molecule has 0 bridgehead atoms. The van der Waals surface area contributed by atoms with Crippen LogP contribution in [-0.4, -0.2) is 24.5 Å². The lowest BCUT2D eigenvalue weighted by molar-refractivity contribution is -0.137. The average molecular weight is 337 g/mol. The second-order valence-corrected chi connectivity index (χ2v) is 5.29. The summed E-state index contributed by atoms with van der Waals surface area (Å²) in [5.41, 5.74) is 0.337. The van der Waals surface area contributed by atoms with Gasteiger partial charge in [-0.25, -0.2) is 0 Å². The lowest BCUT2D eigenvalue weighted by atomic mass is 10.1. The Morgan fingerprint density at radius 2 is 1.71 bits per heavy atom. The SMILES string of the molecule is CCOc1ccccc1C(=O)N(C)Cc1ccc(C(F)(F)F)cc1. The maximum Gasteiger partial charge on any atom is 0.416 e. The van der Waals surface area contributed by atoms with Gasteiger partial charge in [-0.15, -0.1) is 0 Å². The molecule has 0 aliphatic heterocycles. The van der Waals surface area contributed by atoms with Crippen molar-refractivity contribution in [3.8, 4) is 5.75 Å². The summed E-state index contributed by atoms with van der Waals surface area (Å²) in [4.78, 5) is 14.0. The van der Waals surface area contributed by atoms with Crippen molar-refractivity contribution in [3.05, 3.63) is 65.2 Å². The number of halogens is 3. The molecule has 0 unspecified atom stereocenters. The molecule has 6 heteroatoms. The first-order chi connectivity index (χ1) is 11.3. The van der Waals surface area contributed by atoms with Crippen LogP contribution in [0.1, 0.15) is 28.4 Å². The number of carbonyl (C=O) groups is 1. The van der Waals surface area contributed by atoms with Crippen molar-refractivity contribution in [3.63, 3.8) is 0 Å². The van der Waals surface area contributed by atoms with E-state index in [0.717, 1.165) is 12.1 Å². The van der Waals surface area contributed by atoms with Gasteiger partial charge in [0, 0.05) is 13.6 Å². The van der Waals surface area contributed by atoms with Crippen LogP contribution in [0.15, 0.2) is 48.5 Å². The van der Waals surface area contributed by atoms with Crippen LogP contribution < -0.4 is 4.74 Å². The summed E-state index contributed by atoms with van der Waals surface area (Å²) < 4.78 is 43.1. The van der Waals surface area contributed by atoms with Crippen LogP contribution in [0, 0.1) is 0 Å². The van der Waals surface area contributed by atoms with E-state index in [9.17, 15) is 18.0 Å². The maximum atomic E-state index is 12.6. The second kappa shape index (κ2) is 7.38. The summed E-state index contributed by atoms with van der Waals surface area (Å²) in [5.74, 6) is 0.239. The number of rotatable bonds is 5. The Bertz CT molecular complexity index is 696. The van der Waals surface area contributed by atoms with Crippen molar-refractivity contribution in [2.75, 3.05) is 13.7 Å². The molecule has 24 heavy (non-hydrogen) atoms. The molecule has 2 aromatic carbocycles. The molecule has 0 saturated heterocycles. The van der Waals surface area contributed by atoms with Crippen LogP contribution in [0.2, 0.25) is 0 Å². The fourth-order valence-electron chi connectivity index (χ4n) is 2.28. The summed E-state index contributed by atoms with van der Waals surface area (Å²) in [6.07, 6.45) is -4.36. The molecule has 0 aromatic heterocycles. The highest BCUT2D eigenvalue weighted by Crippen LogP contribution is 2.29. The quantitative estimate of drug-likeness (QED) is 0.810. The summed E-state index contributed by atoms with van der Waals surface area (Å²) in [6.45, 7) is 2.47. The number of alkyl halides is 3. The van der Waals surface area contributed by atoms with Gasteiger partial charge in [0.05, 0.1) is 17.7 Å². The molecule has 2 aromatic rings. The largest absolute Gasteiger partial charge is 0.493 e. The smallest absolute Gasteiger partial charge is 0.416 e. The number of carbonyl (C=O) groups excluding carboxylic acids is 1. The molecule has 0 heterocycles. The molecule has 0 N–H and O–H groups in total. The third kappa shape index (κ3) is 4.28. The highest BCUT2D eigenvalue weighted by molar-refractivity contribution is 5.96. The Hall–Kier alpha value is -2.50. The molecule has 0 aliphatic carbocycles. The minimum atomic E-state index is -4.36. The lowest BCUT2D eigenvalue weighted by Crippen LogP contribution is -2.26. The van der Waals surface area contributed by atoms with Gasteiger partial charge in [-0.2, -0.15) is 13.2 Å². The van der Waals surface area contributed by atoms with E-state index in [1.54, 1.807) is 31.3 Å². The Kier molecular flexibility index (Phi) is 5.49. The number of hydrogen-bond donors (Lipinski definition) is 0. The van der Waals surface area contributed by atoms with E-state index in [0.29, 0.717) is 23.5 Å². The van der Waals surface area contributed by atoms with Crippen LogP contribution in [0.5, 0.6) is 5.75 Å². The Labute approximate surface area is 138 Å². The van der Waals surface area contributed by atoms with E-state index in [1.807, 2.05) is 6.92 Å². The molecule has 2 rings (SSSR count). The van der Waals surface area contributed by atoms with E-state index in [4.69, 9.17) is 4.74 Å². The number of nitrogens with zero attached hydrogens (tertiary/aromatic N) is 1. The summed E-state index contributed by atoms with van der Waals surface area (Å²) >= 11 is 0. The molecular formula is C18H18F3NO2. The second-order valence-electron chi connectivity index (χ2n) is 5.29. The third-order valence-electron chi connectivity index (χ3n) is 3.47. The first kappa shape index (κ1) is 17.8. The third-order valence-corrected chi connectivity index (χ3v) is 3.47. The molecular weight excluding hydrogens is 319 g/mol. The van der Waals surface area contributed by atoms with E-state index in [1.165, 1.54) is 17.0 Å². The molecule has 1 amide bonds. The molecule has 0 spiro atoms. The van der Waals surface area contributed by atoms with Gasteiger partial charge < -0.3 is 9.64 Å². The zero-order valence-corrected chi connectivity index (χ0v) is 13.4. The lowest BCUT2D eigenvalue weighted by Gasteiger charge is -2.19. The van der Waals surface area contributed by atoms with Gasteiger partial charge in [0.15, 0.2) is 0 Å². The minimum absolute atomic E-state index is 0.206. The fourth-order valence-corrected chi connectivity index (χ4v) is 2.28. The van der Waals surface area contributed by atoms with Gasteiger partial charge in [0.2, 0.25) is 0 Å². The number of ether oxygens (including phenoxy) is 1. The minimum Gasteiger partial charge on any atom is -0.493 e. The first-order valence-electron chi connectivity index (χ1n) is 7.46. The summed E-state index contributed by atoms with van der Waals surface area (Å²) in [6, 6.07) is 11.7. The molecule has 3 nitrogen and oxygen atoms in total. The van der Waals surface area contributed by atoms with Crippen molar-refractivity contribution in [1.29, 1.82) is 0 Å². The van der Waals surface area contributed by atoms with Crippen molar-refractivity contribution in [1.82, 2.24) is 4.90 Å². The number of para-hydroxylation sites is 1. The van der Waals surface area contributed by atoms with Crippen molar-refractivity contribution < 1.29 is 22.7 Å². The number of benzene rings is 2. The standard InChI is InChI=1S/C18H18F3NO2/c1-3-24-16-7-5-4-6-15(16)17(23)22(2)12-13-8-10-14(11-9-13)18(19,20)21/h4-11H,3,12H2,1-2H3. The van der Waals surface area contributed by atoms with E-state index in [2.05, 4.69) is 0 Å². The number of amides is 1. The topological polar surface area (TPSA) is 29.5 Å². The maximum absolute atomic E-state index is 12.6. The predicted octanol–water partition coefficient (Wildman–Crippen LogP) is 4.38. The summed E-state index contributed by atoms with van der Waals surface area (Å²) in [7, 11) is 1.60. The Morgan fingerprint density at radius 1 is 1.08 bits per heavy atom. The zero-order chi connectivity index (χ0) is 17.7. The predicted molar refractivity (Wildman–Crippen MR) is 84.9 cm³/mol. The average Bonchev–Trinajstić information content (AvgIpc) is 2.54. The van der Waals surface area contributed by atoms with Crippen molar-refractivity contribution >= 4 is 5.91 Å². The van der Waals surface area contributed by atoms with Crippen molar-refractivity contribution in [2.45, 2.75) is 19.6 Å². The van der Waals surface area contributed by atoms with E-state index in [-0.39, 0.29) is 12.5 Å². The Balaban J connectivity index is 2.12. The van der Waals surface area contributed by atoms with E-state index >= 15 is 0 Å². The van der Waals surface area contributed by atoms with Gasteiger partial charge in [-0.3, -0.25) is 4.79 Å². The summed E-state index contributed by atoms with van der Waals surface area (Å²) in [5, 5.41) is 0. The van der Waals surface area contributed by atoms with Crippen LogP contribution in [0.4, 0.5) is 13.2 Å². The Morgan fingerprint density at radius 3 is 2.29 bits per heavy atom. The van der Waals surface area contributed by atoms with Crippen LogP contribution in [0.3, 0.4) is 0 Å². The highest BCUT2D eigenvalue weighted by Gasteiger charge is 2.30. The van der Waals surface area contributed by atoms with Gasteiger partial charge in [0.25, 0.3) is 5.91 Å². The highest BCUT2D eigenvalue weighted by atomic mass is 19.4. The molecule has 0 fully saturated rings. The molecule has 0 radical (unpaired) electrons. The van der Waals surface area contributed by atoms with Gasteiger partial charge in [-0.1, -0.05) is 24.3 Å². The monoisotopic (exact) mass is 337 g/mol. The molecule has 0 aliphatic rings. The zero-order valence-electron chi connectivity index (χ0n) is 13.4. The molecule has 0 saturated carbocycles. The van der Waals surface area contributed by atoms with Gasteiger partial charge in [0.1, 0.15) is 5.75 Å². The van der Waals surface area contributed by atoms with Crippen LogP contribution >= 0.6 is 0 Å². The normalized spacial score (nSPS) is 11.2. The number of hydrogen-bond acceptors (Lipinski definition) is 2.